The second kappa shape index (κ2) is 13.1. The lowest BCUT2D eigenvalue weighted by Crippen LogP contribution is -2.58. The first-order valence-corrected chi connectivity index (χ1v) is 17.7. The van der Waals surface area contributed by atoms with Crippen molar-refractivity contribution in [3.63, 3.8) is 0 Å². The average molecular weight is 585 g/mol. The lowest BCUT2D eigenvalue weighted by Gasteiger charge is -2.49. The molecule has 2 aliphatic heterocycles. The van der Waals surface area contributed by atoms with E-state index in [9.17, 15) is 9.90 Å². The molecule has 1 N–H and O–H groups in total. The summed E-state index contributed by atoms with van der Waals surface area (Å²) in [5.74, 6) is 0. The number of benzene rings is 3. The van der Waals surface area contributed by atoms with Crippen molar-refractivity contribution in [2.45, 2.75) is 78.0 Å². The van der Waals surface area contributed by atoms with Gasteiger partial charge in [0.15, 0.2) is 0 Å². The number of rotatable bonds is 9. The third-order valence-corrected chi connectivity index (χ3v) is 9.35. The van der Waals surface area contributed by atoms with Gasteiger partial charge in [0.2, 0.25) is 9.04 Å². The Morgan fingerprint density at radius 1 is 0.929 bits per heavy atom. The van der Waals surface area contributed by atoms with Gasteiger partial charge in [0, 0.05) is 31.2 Å². The van der Waals surface area contributed by atoms with Gasteiger partial charge in [-0.3, -0.25) is 9.80 Å². The molecule has 2 aliphatic rings. The number of aliphatic hydroxyl groups is 1. The van der Waals surface area contributed by atoms with Gasteiger partial charge in [0.05, 0.1) is 31.0 Å². The second-order valence-electron chi connectivity index (χ2n) is 13.0. The molecule has 2 amide bonds. The largest absolute Gasteiger partial charge is 0.412 e. The van der Waals surface area contributed by atoms with E-state index < -0.39 is 9.04 Å². The Balaban J connectivity index is 1.45. The highest BCUT2D eigenvalue weighted by Gasteiger charge is 2.44. The van der Waals surface area contributed by atoms with Crippen LogP contribution in [0.2, 0.25) is 13.1 Å². The lowest BCUT2D eigenvalue weighted by molar-refractivity contribution is 0.0811. The first-order chi connectivity index (χ1) is 20.2. The van der Waals surface area contributed by atoms with Crippen LogP contribution in [0.1, 0.15) is 61.9 Å². The maximum Gasteiger partial charge on any atom is 0.325 e. The fourth-order valence-corrected chi connectivity index (χ4v) is 7.36. The van der Waals surface area contributed by atoms with E-state index in [1.807, 2.05) is 29.2 Å². The first kappa shape index (κ1) is 30.5. The standard InChI is InChI=1S/C35H46N3O3Si/c1-35(2,3)32(41-42(4)5)24-37-31-17-10-9-16-30(31)33(28-14-7-6-8-15-28)38(34(37)40)29-18-20-36(21-19-29)23-26-12-11-13-27(22-26)25-39/h6-17,22,29,32-33,39H,18-21,23-25H2,1-5H3. The van der Waals surface area contributed by atoms with E-state index in [1.54, 1.807) is 0 Å². The normalized spacial score (nSPS) is 19.3. The van der Waals surface area contributed by atoms with Crippen molar-refractivity contribution in [3.8, 4) is 0 Å². The number of urea groups is 1. The van der Waals surface area contributed by atoms with Crippen molar-refractivity contribution < 1.29 is 14.3 Å². The fraction of sp³-hybridized carbons (Fsp3) is 0.457. The predicted octanol–water partition coefficient (Wildman–Crippen LogP) is 6.86. The molecule has 2 heterocycles. The molecule has 2 unspecified atom stereocenters. The van der Waals surface area contributed by atoms with Crippen LogP contribution in [0.5, 0.6) is 0 Å². The van der Waals surface area contributed by atoms with Gasteiger partial charge in [-0.25, -0.2) is 4.79 Å². The molecule has 0 bridgehead atoms. The van der Waals surface area contributed by atoms with Crippen LogP contribution in [-0.4, -0.2) is 61.8 Å². The molecule has 1 radical (unpaired) electrons. The molecule has 1 saturated heterocycles. The molecule has 223 valence electrons. The van der Waals surface area contributed by atoms with E-state index in [-0.39, 0.29) is 36.2 Å². The molecule has 42 heavy (non-hydrogen) atoms. The number of anilines is 1. The number of amides is 2. The Kier molecular flexibility index (Phi) is 9.53. The Morgan fingerprint density at radius 3 is 2.26 bits per heavy atom. The van der Waals surface area contributed by atoms with E-state index in [0.717, 1.165) is 49.3 Å². The molecule has 0 saturated carbocycles. The zero-order valence-corrected chi connectivity index (χ0v) is 26.8. The average Bonchev–Trinajstić information content (AvgIpc) is 2.98. The zero-order valence-electron chi connectivity index (χ0n) is 25.8. The second-order valence-corrected chi connectivity index (χ2v) is 15.1. The van der Waals surface area contributed by atoms with Gasteiger partial charge in [0.25, 0.3) is 0 Å². The highest BCUT2D eigenvalue weighted by molar-refractivity contribution is 6.48. The van der Waals surface area contributed by atoms with Gasteiger partial charge in [0.1, 0.15) is 0 Å². The van der Waals surface area contributed by atoms with Crippen LogP contribution >= 0.6 is 0 Å². The van der Waals surface area contributed by atoms with Crippen LogP contribution in [0.4, 0.5) is 10.5 Å². The minimum absolute atomic E-state index is 0.0612. The topological polar surface area (TPSA) is 56.2 Å². The highest BCUT2D eigenvalue weighted by Crippen LogP contribution is 2.43. The number of aliphatic hydroxyl groups excluding tert-OH is 1. The van der Waals surface area contributed by atoms with Crippen molar-refractivity contribution in [1.29, 1.82) is 0 Å². The maximum absolute atomic E-state index is 14.7. The molecule has 2 atom stereocenters. The van der Waals surface area contributed by atoms with Crippen molar-refractivity contribution in [3.05, 3.63) is 101 Å². The minimum Gasteiger partial charge on any atom is -0.412 e. The van der Waals surface area contributed by atoms with Crippen LogP contribution in [0.25, 0.3) is 0 Å². The Bertz CT molecular complexity index is 1330. The molecule has 3 aromatic rings. The van der Waals surface area contributed by atoms with E-state index in [4.69, 9.17) is 4.43 Å². The molecular weight excluding hydrogens is 538 g/mol. The molecule has 3 aromatic carbocycles. The van der Waals surface area contributed by atoms with Gasteiger partial charge in [-0.1, -0.05) is 93.6 Å². The van der Waals surface area contributed by atoms with Crippen molar-refractivity contribution >= 4 is 20.8 Å². The van der Waals surface area contributed by atoms with Crippen LogP contribution in [0.3, 0.4) is 0 Å². The number of piperidine rings is 1. The van der Waals surface area contributed by atoms with Crippen molar-refractivity contribution in [2.75, 3.05) is 24.5 Å². The first-order valence-electron chi connectivity index (χ1n) is 15.3. The summed E-state index contributed by atoms with van der Waals surface area (Å²) in [6, 6.07) is 27.2. The summed E-state index contributed by atoms with van der Waals surface area (Å²) >= 11 is 0. The lowest BCUT2D eigenvalue weighted by atomic mass is 9.87. The summed E-state index contributed by atoms with van der Waals surface area (Å²) in [6.45, 7) is 14.3. The zero-order chi connectivity index (χ0) is 29.9. The highest BCUT2D eigenvalue weighted by atomic mass is 28.3. The van der Waals surface area contributed by atoms with Crippen LogP contribution < -0.4 is 4.90 Å². The Hall–Kier alpha value is -2.97. The van der Waals surface area contributed by atoms with Gasteiger partial charge in [-0.2, -0.15) is 0 Å². The Morgan fingerprint density at radius 2 is 1.60 bits per heavy atom. The van der Waals surface area contributed by atoms with E-state index in [0.29, 0.717) is 6.54 Å². The molecule has 0 aliphatic carbocycles. The molecule has 7 heteroatoms. The number of fused-ring (bicyclic) bond motifs is 1. The molecule has 0 aromatic heterocycles. The van der Waals surface area contributed by atoms with Gasteiger partial charge in [-0.15, -0.1) is 0 Å². The number of hydrogen-bond acceptors (Lipinski definition) is 4. The molecule has 6 nitrogen and oxygen atoms in total. The van der Waals surface area contributed by atoms with E-state index in [1.165, 1.54) is 11.1 Å². The molecule has 0 spiro atoms. The summed E-state index contributed by atoms with van der Waals surface area (Å²) in [4.78, 5) is 21.4. The van der Waals surface area contributed by atoms with Gasteiger partial charge < -0.3 is 14.4 Å². The minimum atomic E-state index is -0.953. The predicted molar refractivity (Wildman–Crippen MR) is 172 cm³/mol. The summed E-state index contributed by atoms with van der Waals surface area (Å²) in [5, 5.41) is 9.56. The number of nitrogens with zero attached hydrogens (tertiary/aromatic N) is 3. The third-order valence-electron chi connectivity index (χ3n) is 8.59. The number of likely N-dealkylation sites (tertiary alicyclic amines) is 1. The fourth-order valence-electron chi connectivity index (χ4n) is 6.36. The van der Waals surface area contributed by atoms with E-state index in [2.05, 4.69) is 98.3 Å². The summed E-state index contributed by atoms with van der Waals surface area (Å²) < 4.78 is 6.53. The summed E-state index contributed by atoms with van der Waals surface area (Å²) in [7, 11) is -0.953. The van der Waals surface area contributed by atoms with Crippen LogP contribution in [0.15, 0.2) is 78.9 Å². The van der Waals surface area contributed by atoms with Crippen LogP contribution in [-0.2, 0) is 17.6 Å². The quantitative estimate of drug-likeness (QED) is 0.279. The molecular formula is C35H46N3O3Si. The van der Waals surface area contributed by atoms with Crippen LogP contribution in [0, 0.1) is 5.41 Å². The summed E-state index contributed by atoms with van der Waals surface area (Å²) in [5.41, 5.74) is 5.39. The number of carbonyl (C=O) groups excluding carboxylic acids is 1. The molecule has 5 rings (SSSR count). The van der Waals surface area contributed by atoms with Crippen molar-refractivity contribution in [1.82, 2.24) is 9.80 Å². The third kappa shape index (κ3) is 6.81. The number of hydrogen-bond donors (Lipinski definition) is 1. The monoisotopic (exact) mass is 584 g/mol. The van der Waals surface area contributed by atoms with Gasteiger partial charge in [-0.05, 0) is 54.1 Å². The number of carbonyl (C=O) groups is 1. The Labute approximate surface area is 253 Å². The smallest absolute Gasteiger partial charge is 0.325 e. The maximum atomic E-state index is 14.7. The molecule has 1 fully saturated rings. The van der Waals surface area contributed by atoms with Gasteiger partial charge >= 0.3 is 6.03 Å². The van der Waals surface area contributed by atoms with Crippen molar-refractivity contribution in [2.24, 2.45) is 5.41 Å². The van der Waals surface area contributed by atoms with E-state index >= 15 is 0 Å². The summed E-state index contributed by atoms with van der Waals surface area (Å²) in [6.07, 6.45) is 1.77. The SMILES string of the molecule is C[Si](C)OC(CN1C(=O)N(C2CCN(Cc3cccc(CO)c3)CC2)C(c2ccccc2)c2ccccc21)C(C)(C)C. The number of para-hydroxylation sites is 1.